The van der Waals surface area contributed by atoms with Crippen LogP contribution in [0.25, 0.3) is 0 Å². The van der Waals surface area contributed by atoms with Gasteiger partial charge in [0.15, 0.2) is 5.96 Å². The Hall–Kier alpha value is -8.60. The third-order valence-corrected chi connectivity index (χ3v) is 11.9. The van der Waals surface area contributed by atoms with Crippen LogP contribution in [0.1, 0.15) is 90.7 Å². The van der Waals surface area contributed by atoms with Gasteiger partial charge in [0, 0.05) is 19.4 Å². The Kier molecular flexibility index (Phi) is 28.4. The van der Waals surface area contributed by atoms with Gasteiger partial charge in [-0.1, -0.05) is 52.0 Å². The Bertz CT molecular complexity index is 2490. The molecule has 0 aliphatic rings. The summed E-state index contributed by atoms with van der Waals surface area (Å²) in [4.78, 5) is 150. The number of hydrogen-bond acceptors (Lipinski definition) is 16. The highest BCUT2D eigenvalue weighted by molar-refractivity contribution is 5.99. The number of nitrogens with zero attached hydrogens (tertiary/aromatic N) is 1. The largest absolute Gasteiger partial charge is 0.508 e. The van der Waals surface area contributed by atoms with Gasteiger partial charge < -0.3 is 91.6 Å². The van der Waals surface area contributed by atoms with E-state index in [1.165, 1.54) is 43.3 Å². The van der Waals surface area contributed by atoms with Crippen molar-refractivity contribution in [2.24, 2.45) is 45.5 Å². The van der Waals surface area contributed by atoms with E-state index in [4.69, 9.17) is 28.7 Å². The molecule has 0 unspecified atom stereocenters. The molecule has 0 aliphatic carbocycles. The normalized spacial score (nSPS) is 14.4. The Morgan fingerprint density at radius 1 is 0.487 bits per heavy atom. The molecule has 0 aromatic heterocycles. The first-order chi connectivity index (χ1) is 37.5. The monoisotopic (exact) mass is 1130 g/mol. The second kappa shape index (κ2) is 33.6. The topological polar surface area (TPSA) is 507 Å². The van der Waals surface area contributed by atoms with Crippen LogP contribution in [0.3, 0.4) is 0 Å². The molecule has 0 saturated carbocycles. The Balaban J connectivity index is 2.45. The zero-order valence-corrected chi connectivity index (χ0v) is 45.4. The standard InChI is InChI=1S/C51H78N14O15/c1-25(2)19-35(62-43(72)32(52)21-28-8-12-30(67)13-9-28)46(75)58-27(5)42(71)61-36(22-29-10-14-31(68)15-11-29)47(76)59-33(7-6-18-57-51(55)56)44(73)63-37(23-41(54)70)48(77)60-34(16-17-40(53)69)45(74)65-39(24-66)49(78)64-38(50(79)80)20-26(3)4/h8-15,25-27,32-39,66-68H,6-7,16-24,52H2,1-5H3,(H2,53,69)(H2,54,70)(H,58,75)(H,59,76)(H,60,77)(H,61,71)(H,62,72)(H,63,73)(H,64,78)(H,65,74)(H,79,80)(H4,55,56,57)/t27-,32-,33-,34-,35-,36-,37-,38-,39-/m0/s1. The van der Waals surface area contributed by atoms with Crippen molar-refractivity contribution in [2.45, 2.75) is 147 Å². The first-order valence-corrected chi connectivity index (χ1v) is 25.7. The van der Waals surface area contributed by atoms with Gasteiger partial charge in [0.1, 0.15) is 59.8 Å². The number of carboxylic acid groups (broad SMARTS) is 1. The maximum absolute atomic E-state index is 14.4. The number of hydrogen-bond donors (Lipinski definition) is 17. The SMILES string of the molecule is CC(C)C[C@H](NC(=O)[C@H](CO)NC(=O)[C@H](CCC(N)=O)NC(=O)[C@H](CC(N)=O)NC(=O)[C@H](CCCN=C(N)N)NC(=O)[C@H](Cc1ccc(O)cc1)NC(=O)[C@H](C)NC(=O)[C@H](CC(C)C)NC(=O)[C@@H](N)Cc1ccc(O)cc1)C(=O)O. The predicted octanol–water partition coefficient (Wildman–Crippen LogP) is -4.53. The van der Waals surface area contributed by atoms with Gasteiger partial charge >= 0.3 is 5.97 Å². The van der Waals surface area contributed by atoms with Crippen LogP contribution in [0.5, 0.6) is 11.5 Å². The molecule has 0 radical (unpaired) electrons. The van der Waals surface area contributed by atoms with Crippen LogP contribution in [0.4, 0.5) is 0 Å². The highest BCUT2D eigenvalue weighted by Crippen LogP contribution is 2.15. The smallest absolute Gasteiger partial charge is 0.326 e. The molecule has 0 bridgehead atoms. The maximum atomic E-state index is 14.4. The lowest BCUT2D eigenvalue weighted by atomic mass is 10.0. The van der Waals surface area contributed by atoms with Gasteiger partial charge in [0.25, 0.3) is 0 Å². The molecule has 0 heterocycles. The molecule has 0 fully saturated rings. The van der Waals surface area contributed by atoms with Crippen molar-refractivity contribution in [1.82, 2.24) is 42.5 Å². The van der Waals surface area contributed by atoms with Crippen molar-refractivity contribution in [2.75, 3.05) is 13.2 Å². The van der Waals surface area contributed by atoms with E-state index in [2.05, 4.69) is 47.5 Å². The Morgan fingerprint density at radius 2 is 0.900 bits per heavy atom. The van der Waals surface area contributed by atoms with Gasteiger partial charge in [-0.25, -0.2) is 4.79 Å². The number of amides is 10. The maximum Gasteiger partial charge on any atom is 0.326 e. The Labute approximate surface area is 462 Å². The summed E-state index contributed by atoms with van der Waals surface area (Å²) >= 11 is 0. The van der Waals surface area contributed by atoms with Crippen LogP contribution in [0.15, 0.2) is 53.5 Å². The molecule has 22 N–H and O–H groups in total. The molecular formula is C51H78N14O15. The molecule has 442 valence electrons. The van der Waals surface area contributed by atoms with E-state index >= 15 is 0 Å². The van der Waals surface area contributed by atoms with Crippen LogP contribution in [0, 0.1) is 11.8 Å². The zero-order chi connectivity index (χ0) is 60.4. The summed E-state index contributed by atoms with van der Waals surface area (Å²) in [5.41, 5.74) is 28.9. The van der Waals surface area contributed by atoms with E-state index in [-0.39, 0.29) is 74.4 Å². The number of carboxylic acids is 1. The fourth-order valence-corrected chi connectivity index (χ4v) is 7.70. The highest BCUT2D eigenvalue weighted by Gasteiger charge is 2.35. The molecule has 2 rings (SSSR count). The number of benzene rings is 2. The van der Waals surface area contributed by atoms with Gasteiger partial charge in [-0.15, -0.1) is 0 Å². The second-order valence-electron chi connectivity index (χ2n) is 19.9. The Morgan fingerprint density at radius 3 is 1.39 bits per heavy atom. The summed E-state index contributed by atoms with van der Waals surface area (Å²) in [6.45, 7) is 7.18. The molecule has 10 amide bonds. The molecule has 0 spiro atoms. The van der Waals surface area contributed by atoms with Crippen molar-refractivity contribution in [1.29, 1.82) is 0 Å². The fourth-order valence-electron chi connectivity index (χ4n) is 7.70. The summed E-state index contributed by atoms with van der Waals surface area (Å²) in [6.07, 6.45) is -2.33. The summed E-state index contributed by atoms with van der Waals surface area (Å²) in [7, 11) is 0. The second-order valence-corrected chi connectivity index (χ2v) is 19.9. The molecule has 29 nitrogen and oxygen atoms in total. The first kappa shape index (κ1) is 67.5. The molecular weight excluding hydrogens is 1050 g/mol. The molecule has 80 heavy (non-hydrogen) atoms. The summed E-state index contributed by atoms with van der Waals surface area (Å²) in [5.74, 6) is -12.2. The average Bonchev–Trinajstić information content (AvgIpc) is 3.37. The number of aliphatic imine (C=N–C) groups is 1. The van der Waals surface area contributed by atoms with Gasteiger partial charge in [-0.2, -0.15) is 0 Å². The lowest BCUT2D eigenvalue weighted by Crippen LogP contribution is -2.61. The quantitative estimate of drug-likeness (QED) is 0.0176. The number of phenolic OH excluding ortho intramolecular Hbond substituents is 2. The van der Waals surface area contributed by atoms with Gasteiger partial charge in [0.05, 0.1) is 19.1 Å². The number of carbonyl (C=O) groups excluding carboxylic acids is 10. The van der Waals surface area contributed by atoms with Gasteiger partial charge in [-0.05, 0) is 92.7 Å². The minimum absolute atomic E-state index is 0.00353. The number of nitrogens with one attached hydrogen (secondary N) is 8. The van der Waals surface area contributed by atoms with Crippen LogP contribution in [-0.4, -0.2) is 159 Å². The molecule has 2 aromatic carbocycles. The number of aliphatic hydroxyl groups excluding tert-OH is 1. The van der Waals surface area contributed by atoms with Gasteiger partial charge in [0.2, 0.25) is 59.1 Å². The van der Waals surface area contributed by atoms with Crippen LogP contribution >= 0.6 is 0 Å². The van der Waals surface area contributed by atoms with Gasteiger partial charge in [-0.3, -0.25) is 52.9 Å². The number of rotatable bonds is 35. The zero-order valence-electron chi connectivity index (χ0n) is 45.4. The minimum atomic E-state index is -1.90. The lowest BCUT2D eigenvalue weighted by molar-refractivity contribution is -0.143. The van der Waals surface area contributed by atoms with Crippen molar-refractivity contribution in [3.05, 3.63) is 59.7 Å². The van der Waals surface area contributed by atoms with E-state index in [1.807, 2.05) is 0 Å². The number of aliphatic hydroxyl groups is 1. The van der Waals surface area contributed by atoms with Crippen LogP contribution in [0.2, 0.25) is 0 Å². The number of carbonyl (C=O) groups is 11. The number of aliphatic carboxylic acids is 1. The summed E-state index contributed by atoms with van der Waals surface area (Å²) in [6, 6.07) is -2.03. The van der Waals surface area contributed by atoms with Crippen molar-refractivity contribution >= 4 is 71.0 Å². The highest BCUT2D eigenvalue weighted by atomic mass is 16.4. The van der Waals surface area contributed by atoms with Crippen LogP contribution in [-0.2, 0) is 65.6 Å². The van der Waals surface area contributed by atoms with E-state index in [9.17, 15) is 73.2 Å². The lowest BCUT2D eigenvalue weighted by Gasteiger charge is -2.27. The van der Waals surface area contributed by atoms with E-state index in [0.29, 0.717) is 11.1 Å². The van der Waals surface area contributed by atoms with Crippen molar-refractivity contribution < 1.29 is 73.2 Å². The molecule has 2 aromatic rings. The number of guanidine groups is 1. The predicted molar refractivity (Wildman–Crippen MR) is 288 cm³/mol. The van der Waals surface area contributed by atoms with Crippen molar-refractivity contribution in [3.63, 3.8) is 0 Å². The summed E-state index contributed by atoms with van der Waals surface area (Å²) < 4.78 is 0. The van der Waals surface area contributed by atoms with E-state index in [0.717, 1.165) is 0 Å². The molecule has 29 heteroatoms. The average molecular weight is 1130 g/mol. The molecule has 0 saturated heterocycles. The molecule has 9 atom stereocenters. The van der Waals surface area contributed by atoms with E-state index in [1.54, 1.807) is 39.8 Å². The minimum Gasteiger partial charge on any atom is -0.508 e. The van der Waals surface area contributed by atoms with Crippen molar-refractivity contribution in [3.8, 4) is 11.5 Å². The first-order valence-electron chi connectivity index (χ1n) is 25.7. The number of primary amides is 2. The van der Waals surface area contributed by atoms with E-state index < -0.39 is 145 Å². The molecule has 0 aliphatic heterocycles. The number of phenols is 2. The third kappa shape index (κ3) is 25.2. The fraction of sp³-hybridized carbons (Fsp3) is 0.529. The summed E-state index contributed by atoms with van der Waals surface area (Å²) in [5, 5.41) is 58.4. The van der Waals surface area contributed by atoms with Crippen LogP contribution < -0.4 is 71.2 Å². The number of nitrogens with two attached hydrogens (primary N) is 5. The number of aromatic hydroxyl groups is 2. The third-order valence-electron chi connectivity index (χ3n) is 11.9.